The van der Waals surface area contributed by atoms with Crippen molar-refractivity contribution in [2.45, 2.75) is 50.5 Å². The zero-order valence-corrected chi connectivity index (χ0v) is 15.7. The molecule has 0 bridgehead atoms. The smallest absolute Gasteiger partial charge is 0.191 e. The third-order valence-electron chi connectivity index (χ3n) is 5.08. The Morgan fingerprint density at radius 1 is 1.17 bits per heavy atom. The van der Waals surface area contributed by atoms with E-state index in [0.29, 0.717) is 16.9 Å². The number of nitrogens with zero attached hydrogens (tertiary/aromatic N) is 1. The molecular weight excluding hydrogens is 322 g/mol. The summed E-state index contributed by atoms with van der Waals surface area (Å²) in [4.78, 5) is 4.63. The van der Waals surface area contributed by atoms with Crippen molar-refractivity contribution in [1.29, 1.82) is 0 Å². The standard InChI is InChI=1S/C18H29N3O2S/c1-4-18(11-5-6-12-18)14-21-17(19-2)20-13-15-7-9-16(10-8-15)24(3,22)23/h7-10H,4-6,11-14H2,1-3H3,(H2,19,20,21). The molecule has 0 unspecified atom stereocenters. The predicted octanol–water partition coefficient (Wildman–Crippen LogP) is 2.73. The van der Waals surface area contributed by atoms with Gasteiger partial charge in [0.25, 0.3) is 0 Å². The molecule has 0 aliphatic heterocycles. The molecule has 1 aliphatic carbocycles. The molecule has 0 aromatic heterocycles. The van der Waals surface area contributed by atoms with Crippen molar-refractivity contribution in [3.8, 4) is 0 Å². The minimum atomic E-state index is -3.14. The van der Waals surface area contributed by atoms with Gasteiger partial charge in [0.15, 0.2) is 15.8 Å². The van der Waals surface area contributed by atoms with Gasteiger partial charge in [0.2, 0.25) is 0 Å². The molecule has 1 saturated carbocycles. The minimum absolute atomic E-state index is 0.347. The fraction of sp³-hybridized carbons (Fsp3) is 0.611. The van der Waals surface area contributed by atoms with E-state index in [0.717, 1.165) is 18.1 Å². The Bertz CT molecular complexity index is 660. The minimum Gasteiger partial charge on any atom is -0.356 e. The van der Waals surface area contributed by atoms with Crippen LogP contribution in [0.15, 0.2) is 34.2 Å². The number of rotatable bonds is 6. The summed E-state index contributed by atoms with van der Waals surface area (Å²) in [5.41, 5.74) is 1.44. The maximum absolute atomic E-state index is 11.5. The second-order valence-corrected chi connectivity index (χ2v) is 8.77. The second kappa shape index (κ2) is 8.01. The summed E-state index contributed by atoms with van der Waals surface area (Å²) in [6.07, 6.45) is 7.66. The van der Waals surface area contributed by atoms with Crippen LogP contribution in [0.2, 0.25) is 0 Å². The second-order valence-electron chi connectivity index (χ2n) is 6.76. The lowest BCUT2D eigenvalue weighted by molar-refractivity contribution is 0.283. The molecule has 1 aliphatic rings. The van der Waals surface area contributed by atoms with Crippen molar-refractivity contribution in [2.75, 3.05) is 19.8 Å². The summed E-state index contributed by atoms with van der Waals surface area (Å²) in [5.74, 6) is 0.793. The average molecular weight is 352 g/mol. The van der Waals surface area contributed by atoms with E-state index in [1.807, 2.05) is 12.1 Å². The Morgan fingerprint density at radius 2 is 1.79 bits per heavy atom. The van der Waals surface area contributed by atoms with Crippen molar-refractivity contribution < 1.29 is 8.42 Å². The monoisotopic (exact) mass is 351 g/mol. The highest BCUT2D eigenvalue weighted by Crippen LogP contribution is 2.40. The maximum atomic E-state index is 11.5. The van der Waals surface area contributed by atoms with Crippen LogP contribution < -0.4 is 10.6 Å². The van der Waals surface area contributed by atoms with Gasteiger partial charge >= 0.3 is 0 Å². The van der Waals surface area contributed by atoms with Gasteiger partial charge in [-0.3, -0.25) is 4.99 Å². The summed E-state index contributed by atoms with van der Waals surface area (Å²) in [7, 11) is -1.37. The van der Waals surface area contributed by atoms with Crippen LogP contribution in [-0.4, -0.2) is 34.2 Å². The van der Waals surface area contributed by atoms with Gasteiger partial charge in [-0.2, -0.15) is 0 Å². The highest BCUT2D eigenvalue weighted by Gasteiger charge is 2.31. The van der Waals surface area contributed by atoms with Gasteiger partial charge < -0.3 is 10.6 Å². The van der Waals surface area contributed by atoms with Crippen LogP contribution in [0.3, 0.4) is 0 Å². The number of hydrogen-bond acceptors (Lipinski definition) is 3. The molecule has 2 N–H and O–H groups in total. The Kier molecular flexibility index (Phi) is 6.27. The zero-order chi connectivity index (χ0) is 17.6. The molecule has 0 atom stereocenters. The van der Waals surface area contributed by atoms with Crippen molar-refractivity contribution in [2.24, 2.45) is 10.4 Å². The first kappa shape index (κ1) is 18.8. The molecule has 1 fully saturated rings. The van der Waals surface area contributed by atoms with Crippen LogP contribution in [0.1, 0.15) is 44.6 Å². The van der Waals surface area contributed by atoms with Gasteiger partial charge in [-0.05, 0) is 42.4 Å². The lowest BCUT2D eigenvalue weighted by atomic mass is 9.83. The molecule has 5 nitrogen and oxygen atoms in total. The summed E-state index contributed by atoms with van der Waals surface area (Å²) < 4.78 is 23.0. The lowest BCUT2D eigenvalue weighted by Crippen LogP contribution is -2.42. The van der Waals surface area contributed by atoms with Crippen LogP contribution >= 0.6 is 0 Å². The fourth-order valence-corrected chi connectivity index (χ4v) is 3.94. The SMILES string of the molecule is CCC1(CNC(=NC)NCc2ccc(S(C)(=O)=O)cc2)CCCC1. The van der Waals surface area contributed by atoms with Crippen LogP contribution in [0.5, 0.6) is 0 Å². The quantitative estimate of drug-likeness (QED) is 0.611. The fourth-order valence-electron chi connectivity index (χ4n) is 3.31. The molecule has 134 valence electrons. The molecule has 1 aromatic carbocycles. The topological polar surface area (TPSA) is 70.6 Å². The van der Waals surface area contributed by atoms with E-state index < -0.39 is 9.84 Å². The van der Waals surface area contributed by atoms with Crippen molar-refractivity contribution >= 4 is 15.8 Å². The van der Waals surface area contributed by atoms with E-state index >= 15 is 0 Å². The molecule has 6 heteroatoms. The van der Waals surface area contributed by atoms with Crippen molar-refractivity contribution in [3.05, 3.63) is 29.8 Å². The summed E-state index contributed by atoms with van der Waals surface area (Å²) in [5, 5.41) is 6.75. The molecule has 0 radical (unpaired) electrons. The van der Waals surface area contributed by atoms with Gasteiger partial charge in [0.05, 0.1) is 4.90 Å². The largest absolute Gasteiger partial charge is 0.356 e. The van der Waals surface area contributed by atoms with E-state index in [-0.39, 0.29) is 0 Å². The van der Waals surface area contributed by atoms with Crippen LogP contribution in [-0.2, 0) is 16.4 Å². The Hall–Kier alpha value is -1.56. The first-order chi connectivity index (χ1) is 11.4. The van der Waals surface area contributed by atoms with Gasteiger partial charge in [-0.1, -0.05) is 31.9 Å². The average Bonchev–Trinajstić information content (AvgIpc) is 3.04. The zero-order valence-electron chi connectivity index (χ0n) is 14.9. The number of sulfone groups is 1. The van der Waals surface area contributed by atoms with Gasteiger partial charge in [0.1, 0.15) is 0 Å². The number of nitrogens with one attached hydrogen (secondary N) is 2. The molecular formula is C18H29N3O2S. The lowest BCUT2D eigenvalue weighted by Gasteiger charge is -2.28. The van der Waals surface area contributed by atoms with Gasteiger partial charge in [0, 0.05) is 26.4 Å². The highest BCUT2D eigenvalue weighted by molar-refractivity contribution is 7.90. The number of benzene rings is 1. The predicted molar refractivity (Wildman–Crippen MR) is 98.9 cm³/mol. The molecule has 0 spiro atoms. The Labute approximate surface area is 145 Å². The van der Waals surface area contributed by atoms with Gasteiger partial charge in [-0.25, -0.2) is 8.42 Å². The van der Waals surface area contributed by atoms with Crippen molar-refractivity contribution in [1.82, 2.24) is 10.6 Å². The van der Waals surface area contributed by atoms with E-state index in [9.17, 15) is 8.42 Å². The summed E-state index contributed by atoms with van der Waals surface area (Å²) >= 11 is 0. The van der Waals surface area contributed by atoms with Crippen LogP contribution in [0.25, 0.3) is 0 Å². The van der Waals surface area contributed by atoms with E-state index in [4.69, 9.17) is 0 Å². The first-order valence-corrected chi connectivity index (χ1v) is 10.5. The first-order valence-electron chi connectivity index (χ1n) is 8.62. The third-order valence-corrected chi connectivity index (χ3v) is 6.21. The van der Waals surface area contributed by atoms with Gasteiger partial charge in [-0.15, -0.1) is 0 Å². The van der Waals surface area contributed by atoms with Crippen LogP contribution in [0.4, 0.5) is 0 Å². The van der Waals surface area contributed by atoms with E-state index in [1.54, 1.807) is 19.2 Å². The summed E-state index contributed by atoms with van der Waals surface area (Å²) in [6, 6.07) is 6.96. The van der Waals surface area contributed by atoms with E-state index in [1.165, 1.54) is 38.4 Å². The maximum Gasteiger partial charge on any atom is 0.191 e. The molecule has 0 amide bonds. The highest BCUT2D eigenvalue weighted by atomic mass is 32.2. The summed E-state index contributed by atoms with van der Waals surface area (Å²) in [6.45, 7) is 3.84. The molecule has 24 heavy (non-hydrogen) atoms. The molecule has 0 saturated heterocycles. The number of hydrogen-bond donors (Lipinski definition) is 2. The Balaban J connectivity index is 1.87. The molecule has 1 aromatic rings. The molecule has 2 rings (SSSR count). The Morgan fingerprint density at radius 3 is 2.29 bits per heavy atom. The number of guanidine groups is 1. The van der Waals surface area contributed by atoms with Crippen LogP contribution in [0, 0.1) is 5.41 Å². The number of aliphatic imine (C=N–C) groups is 1. The van der Waals surface area contributed by atoms with E-state index in [2.05, 4.69) is 22.5 Å². The normalized spacial score (nSPS) is 17.7. The molecule has 0 heterocycles. The van der Waals surface area contributed by atoms with Crippen molar-refractivity contribution in [3.63, 3.8) is 0 Å². The third kappa shape index (κ3) is 4.97.